The fourth-order valence-electron chi connectivity index (χ4n) is 7.33. The lowest BCUT2D eigenvalue weighted by atomic mass is 9.76. The van der Waals surface area contributed by atoms with Crippen molar-refractivity contribution in [2.24, 2.45) is 11.3 Å². The molecule has 10 nitrogen and oxygen atoms in total. The number of esters is 1. The molecule has 2 aromatic heterocycles. The number of halogens is 4. The zero-order valence-electron chi connectivity index (χ0n) is 30.1. The first-order chi connectivity index (χ1) is 25.4. The Labute approximate surface area is 320 Å². The summed E-state index contributed by atoms with van der Waals surface area (Å²) in [7, 11) is -2.68. The number of amides is 1. The number of methoxy groups -OCH3 is 1. The summed E-state index contributed by atoms with van der Waals surface area (Å²) >= 11 is 7.08. The minimum Gasteiger partial charge on any atom is -0.469 e. The highest BCUT2D eigenvalue weighted by molar-refractivity contribution is 7.89. The number of hydrogen-bond acceptors (Lipinski definition) is 8. The minimum absolute atomic E-state index is 0.0541. The molecular weight excluding hydrogens is 765 g/mol. The van der Waals surface area contributed by atoms with E-state index >= 15 is 0 Å². The summed E-state index contributed by atoms with van der Waals surface area (Å²) in [5.74, 6) is -1.64. The molecule has 6 rings (SSSR count). The number of nitrogens with zero attached hydrogens (tertiary/aromatic N) is 3. The summed E-state index contributed by atoms with van der Waals surface area (Å²) in [5.41, 5.74) is 0.200. The number of carbonyl (C=O) groups excluding carboxylic acids is 3. The minimum atomic E-state index is -4.69. The molecule has 0 spiro atoms. The van der Waals surface area contributed by atoms with E-state index in [-0.39, 0.29) is 62.2 Å². The molecule has 16 heteroatoms. The molecule has 0 saturated heterocycles. The lowest BCUT2D eigenvalue weighted by Crippen LogP contribution is -2.43. The molecule has 0 aliphatic heterocycles. The largest absolute Gasteiger partial charge is 0.469 e. The molecular formula is C38H40ClF3N4O6S2. The first-order valence-corrected chi connectivity index (χ1v) is 20.2. The van der Waals surface area contributed by atoms with Crippen LogP contribution in [-0.4, -0.2) is 59.9 Å². The topological polar surface area (TPSA) is 128 Å². The van der Waals surface area contributed by atoms with Crippen molar-refractivity contribution < 1.29 is 40.7 Å². The van der Waals surface area contributed by atoms with E-state index in [1.54, 1.807) is 6.92 Å². The van der Waals surface area contributed by atoms with Crippen molar-refractivity contribution in [3.05, 3.63) is 92.6 Å². The number of ether oxygens (including phenoxy) is 1. The zero-order chi connectivity index (χ0) is 39.2. The number of hydrogen-bond donors (Lipinski definition) is 1. The van der Waals surface area contributed by atoms with E-state index in [0.29, 0.717) is 38.5 Å². The Morgan fingerprint density at radius 1 is 1.09 bits per heavy atom. The molecule has 2 heterocycles. The molecule has 0 unspecified atom stereocenters. The van der Waals surface area contributed by atoms with Gasteiger partial charge in [-0.05, 0) is 92.3 Å². The number of benzene rings is 2. The van der Waals surface area contributed by atoms with Gasteiger partial charge in [-0.2, -0.15) is 22.6 Å². The quantitative estimate of drug-likeness (QED) is 0.126. The summed E-state index contributed by atoms with van der Waals surface area (Å²) in [4.78, 5) is 41.0. The second kappa shape index (κ2) is 15.2. The van der Waals surface area contributed by atoms with E-state index in [4.69, 9.17) is 16.3 Å². The molecule has 1 saturated carbocycles. The number of aromatic nitrogens is 2. The first kappa shape index (κ1) is 39.6. The lowest BCUT2D eigenvalue weighted by molar-refractivity contribution is -0.146. The Kier molecular flexibility index (Phi) is 11.2. The first-order valence-electron chi connectivity index (χ1n) is 17.6. The summed E-state index contributed by atoms with van der Waals surface area (Å²) in [6.45, 7) is 6.19. The highest BCUT2D eigenvalue weighted by Crippen LogP contribution is 2.45. The van der Waals surface area contributed by atoms with Gasteiger partial charge in [-0.25, -0.2) is 13.1 Å². The zero-order valence-corrected chi connectivity index (χ0v) is 32.5. The van der Waals surface area contributed by atoms with Crippen molar-refractivity contribution in [1.29, 1.82) is 0 Å². The highest BCUT2D eigenvalue weighted by Gasteiger charge is 2.37. The van der Waals surface area contributed by atoms with Crippen LogP contribution in [0.2, 0.25) is 5.02 Å². The van der Waals surface area contributed by atoms with Gasteiger partial charge in [-0.3, -0.25) is 14.4 Å². The van der Waals surface area contributed by atoms with Crippen molar-refractivity contribution in [3.63, 3.8) is 0 Å². The van der Waals surface area contributed by atoms with Crippen LogP contribution in [0.4, 0.5) is 18.2 Å². The number of thiophene rings is 1. The van der Waals surface area contributed by atoms with E-state index in [1.807, 2.05) is 0 Å². The summed E-state index contributed by atoms with van der Waals surface area (Å²) < 4.78 is 76.0. The number of fused-ring (bicyclic) bond motifs is 1. The molecule has 288 valence electrons. The van der Waals surface area contributed by atoms with E-state index in [2.05, 4.69) is 24.3 Å². The lowest BCUT2D eigenvalue weighted by Gasteiger charge is -2.34. The highest BCUT2D eigenvalue weighted by atomic mass is 35.5. The van der Waals surface area contributed by atoms with Crippen LogP contribution in [-0.2, 0) is 38.6 Å². The maximum atomic E-state index is 14.2. The smallest absolute Gasteiger partial charge is 0.417 e. The number of alkyl halides is 3. The number of sulfonamides is 1. The Bertz CT molecular complexity index is 2210. The molecule has 54 heavy (non-hydrogen) atoms. The maximum absolute atomic E-state index is 14.2. The number of anilines is 1. The third-order valence-electron chi connectivity index (χ3n) is 10.3. The average molecular weight is 805 g/mol. The normalized spacial score (nSPS) is 18.6. The molecule has 1 fully saturated rings. The van der Waals surface area contributed by atoms with E-state index in [9.17, 15) is 36.0 Å². The van der Waals surface area contributed by atoms with Gasteiger partial charge in [0.05, 0.1) is 51.5 Å². The predicted octanol–water partition coefficient (Wildman–Crippen LogP) is 8.35. The van der Waals surface area contributed by atoms with E-state index in [0.717, 1.165) is 33.7 Å². The van der Waals surface area contributed by atoms with Crippen LogP contribution in [0.5, 0.6) is 0 Å². The third kappa shape index (κ3) is 8.00. The molecule has 0 radical (unpaired) electrons. The van der Waals surface area contributed by atoms with Crippen molar-refractivity contribution in [1.82, 2.24) is 14.1 Å². The Balaban J connectivity index is 1.28. The fourth-order valence-corrected chi connectivity index (χ4v) is 10.8. The van der Waals surface area contributed by atoms with Gasteiger partial charge in [-0.15, -0.1) is 11.3 Å². The number of carbonyl (C=O) groups is 3. The average Bonchev–Trinajstić information content (AvgIpc) is 3.76. The van der Waals surface area contributed by atoms with Crippen molar-refractivity contribution in [3.8, 4) is 5.69 Å². The van der Waals surface area contributed by atoms with Gasteiger partial charge in [0.15, 0.2) is 5.78 Å². The van der Waals surface area contributed by atoms with Crippen LogP contribution in [0.1, 0.15) is 95.2 Å². The molecule has 2 aromatic carbocycles. The second-order valence-corrected chi connectivity index (χ2v) is 17.8. The van der Waals surface area contributed by atoms with E-state index in [1.165, 1.54) is 65.5 Å². The number of nitrogens with one attached hydrogen (secondary N) is 1. The van der Waals surface area contributed by atoms with Crippen LogP contribution in [0.25, 0.3) is 5.69 Å². The Hall–Kier alpha value is -4.05. The summed E-state index contributed by atoms with van der Waals surface area (Å²) in [6, 6.07) is 8.76. The third-order valence-corrected chi connectivity index (χ3v) is 13.8. The number of rotatable bonds is 10. The van der Waals surface area contributed by atoms with Crippen LogP contribution in [0, 0.1) is 11.3 Å². The van der Waals surface area contributed by atoms with Crippen molar-refractivity contribution in [2.45, 2.75) is 82.8 Å². The molecule has 1 N–H and O–H groups in total. The van der Waals surface area contributed by atoms with Gasteiger partial charge in [0.25, 0.3) is 5.91 Å². The van der Waals surface area contributed by atoms with Crippen LogP contribution in [0.3, 0.4) is 0 Å². The fraction of sp³-hybridized carbons (Fsp3) is 0.421. The van der Waals surface area contributed by atoms with E-state index < -0.39 is 38.5 Å². The van der Waals surface area contributed by atoms with Gasteiger partial charge >= 0.3 is 12.1 Å². The number of ketones is 1. The van der Waals surface area contributed by atoms with Crippen LogP contribution in [0.15, 0.2) is 59.8 Å². The van der Waals surface area contributed by atoms with Crippen molar-refractivity contribution >= 4 is 55.6 Å². The molecule has 0 atom stereocenters. The van der Waals surface area contributed by atoms with Gasteiger partial charge in [0.2, 0.25) is 10.0 Å². The van der Waals surface area contributed by atoms with Crippen LogP contribution < -0.4 is 5.32 Å². The molecule has 2 aliphatic carbocycles. The summed E-state index contributed by atoms with van der Waals surface area (Å²) in [5, 5.41) is 6.87. The molecule has 1 amide bonds. The molecule has 2 aliphatic rings. The van der Waals surface area contributed by atoms with Gasteiger partial charge in [0, 0.05) is 29.2 Å². The Morgan fingerprint density at radius 3 is 2.48 bits per heavy atom. The van der Waals surface area contributed by atoms with Crippen molar-refractivity contribution in [2.75, 3.05) is 19.0 Å². The van der Waals surface area contributed by atoms with Gasteiger partial charge < -0.3 is 10.1 Å². The van der Waals surface area contributed by atoms with Gasteiger partial charge in [0.1, 0.15) is 5.00 Å². The Morgan fingerprint density at radius 2 is 1.81 bits per heavy atom. The predicted molar refractivity (Wildman–Crippen MR) is 199 cm³/mol. The van der Waals surface area contributed by atoms with Crippen LogP contribution >= 0.6 is 22.9 Å². The standard InChI is InChI=1S/C38H40ClF3N4O6S2/c1-5-46(25-11-9-22(10-12-25)36(49)52-4)54(50,51)27-8-6-7-23(17-27)34(48)44-35-32(28-15-16-37(2,3)19-31(28)53-35)33(47)24-20-43-45(21-24)26-13-14-30(39)29(18-26)38(40,41)42/h6-8,13-14,17-18,20-22,25H,5,9-12,15-16,19H2,1-4H3,(H,44,48). The summed E-state index contributed by atoms with van der Waals surface area (Å²) in [6.07, 6.45) is 1.94. The maximum Gasteiger partial charge on any atom is 0.417 e. The molecule has 0 bridgehead atoms. The second-order valence-electron chi connectivity index (χ2n) is 14.4. The molecule has 4 aromatic rings. The van der Waals surface area contributed by atoms with Gasteiger partial charge in [-0.1, -0.05) is 38.4 Å². The SMILES string of the molecule is CCN(C1CCC(C(=O)OC)CC1)S(=O)(=O)c1cccc(C(=O)Nc2sc3c(c2C(=O)c2cnn(-c4ccc(Cl)c(C(F)(F)F)c4)c2)CCC(C)(C)C3)c1. The monoisotopic (exact) mass is 804 g/mol.